The number of benzene rings is 2. The second-order valence-corrected chi connectivity index (χ2v) is 12.0. The molecule has 0 unspecified atom stereocenters. The van der Waals surface area contributed by atoms with Crippen LogP contribution in [0.3, 0.4) is 0 Å². The Hall–Kier alpha value is -2.41. The lowest BCUT2D eigenvalue weighted by atomic mass is 10.2. The van der Waals surface area contributed by atoms with Gasteiger partial charge in [-0.3, -0.25) is 9.10 Å². The average Bonchev–Trinajstić information content (AvgIpc) is 2.79. The first-order valence-corrected chi connectivity index (χ1v) is 14.0. The number of nitrogens with one attached hydrogen (secondary N) is 1. The van der Waals surface area contributed by atoms with E-state index in [1.807, 2.05) is 0 Å². The fourth-order valence-electron chi connectivity index (χ4n) is 3.57. The van der Waals surface area contributed by atoms with E-state index in [0.717, 1.165) is 42.0 Å². The maximum Gasteiger partial charge on any atom is 0.246 e. The van der Waals surface area contributed by atoms with Crippen molar-refractivity contribution in [3.8, 4) is 5.75 Å². The van der Waals surface area contributed by atoms with Crippen LogP contribution in [0.5, 0.6) is 5.75 Å². The molecule has 1 heterocycles. The molecule has 0 spiro atoms. The van der Waals surface area contributed by atoms with Gasteiger partial charge in [-0.05, 0) is 49.2 Å². The zero-order valence-corrected chi connectivity index (χ0v) is 21.0. The van der Waals surface area contributed by atoms with E-state index in [-0.39, 0.29) is 27.0 Å². The van der Waals surface area contributed by atoms with Crippen molar-refractivity contribution in [2.45, 2.75) is 24.2 Å². The molecule has 3 rings (SSSR count). The van der Waals surface area contributed by atoms with E-state index in [1.54, 1.807) is 0 Å². The summed E-state index contributed by atoms with van der Waals surface area (Å²) in [6, 6.07) is 7.43. The van der Waals surface area contributed by atoms with E-state index in [2.05, 4.69) is 5.32 Å². The van der Waals surface area contributed by atoms with Gasteiger partial charge in [0.2, 0.25) is 26.0 Å². The Kier molecular flexibility index (Phi) is 8.06. The molecule has 0 atom stereocenters. The minimum absolute atomic E-state index is 0.00662. The van der Waals surface area contributed by atoms with Crippen molar-refractivity contribution in [2.75, 3.05) is 42.6 Å². The van der Waals surface area contributed by atoms with Crippen molar-refractivity contribution < 1.29 is 30.8 Å². The first kappa shape index (κ1) is 26.2. The van der Waals surface area contributed by atoms with Crippen LogP contribution in [-0.2, 0) is 24.8 Å². The molecule has 0 radical (unpaired) electrons. The van der Waals surface area contributed by atoms with Crippen molar-refractivity contribution in [1.82, 2.24) is 4.31 Å². The van der Waals surface area contributed by atoms with Crippen molar-refractivity contribution in [3.63, 3.8) is 0 Å². The molecule has 34 heavy (non-hydrogen) atoms. The molecular weight excluding hydrogens is 509 g/mol. The van der Waals surface area contributed by atoms with Gasteiger partial charge in [-0.2, -0.15) is 4.31 Å². The standard InChI is InChI=1S/C21H25ClFN3O6S2/c1-32-19-9-6-15(12-20(19)34(30,31)25-10-4-3-5-11-25)24-21(27)14-26(33(2,28)29)16-7-8-18(23)17(22)13-16/h6-9,12-13H,3-5,10-11,14H2,1-2H3,(H,24,27). The molecule has 0 bridgehead atoms. The Balaban J connectivity index is 1.86. The number of nitrogens with zero attached hydrogens (tertiary/aromatic N) is 2. The number of hydrogen-bond donors (Lipinski definition) is 1. The normalized spacial score (nSPS) is 15.1. The van der Waals surface area contributed by atoms with E-state index in [1.165, 1.54) is 35.7 Å². The second kappa shape index (κ2) is 10.5. The summed E-state index contributed by atoms with van der Waals surface area (Å²) < 4.78 is 71.7. The predicted molar refractivity (Wildman–Crippen MR) is 128 cm³/mol. The predicted octanol–water partition coefficient (Wildman–Crippen LogP) is 3.07. The number of rotatable bonds is 8. The molecule has 1 saturated heterocycles. The van der Waals surface area contributed by atoms with Crippen LogP contribution < -0.4 is 14.4 Å². The lowest BCUT2D eigenvalue weighted by Crippen LogP contribution is -2.37. The number of ether oxygens (including phenoxy) is 1. The maximum atomic E-state index is 13.5. The van der Waals surface area contributed by atoms with Gasteiger partial charge < -0.3 is 10.1 Å². The Labute approximate surface area is 203 Å². The number of piperidine rings is 1. The SMILES string of the molecule is COc1ccc(NC(=O)CN(c2ccc(F)c(Cl)c2)S(C)(=O)=O)cc1S(=O)(=O)N1CCCCC1. The molecule has 0 aromatic heterocycles. The topological polar surface area (TPSA) is 113 Å². The maximum absolute atomic E-state index is 13.5. The zero-order valence-electron chi connectivity index (χ0n) is 18.6. The van der Waals surface area contributed by atoms with Gasteiger partial charge in [-0.15, -0.1) is 0 Å². The molecule has 0 aliphatic carbocycles. The van der Waals surface area contributed by atoms with Gasteiger partial charge in [-0.1, -0.05) is 18.0 Å². The van der Waals surface area contributed by atoms with Gasteiger partial charge in [0.1, 0.15) is 23.0 Å². The third-order valence-corrected chi connectivity index (χ3v) is 8.61. The fraction of sp³-hybridized carbons (Fsp3) is 0.381. The van der Waals surface area contributed by atoms with Crippen molar-refractivity contribution >= 4 is 48.9 Å². The number of amides is 1. The molecular formula is C21H25ClFN3O6S2. The van der Waals surface area contributed by atoms with E-state index >= 15 is 0 Å². The number of carbonyl (C=O) groups is 1. The number of sulfonamides is 2. The van der Waals surface area contributed by atoms with Crippen LogP contribution in [0.2, 0.25) is 5.02 Å². The summed E-state index contributed by atoms with van der Waals surface area (Å²) in [6.45, 7) is 0.151. The summed E-state index contributed by atoms with van der Waals surface area (Å²) in [7, 11) is -6.44. The molecule has 13 heteroatoms. The summed E-state index contributed by atoms with van der Waals surface area (Å²) >= 11 is 5.76. The summed E-state index contributed by atoms with van der Waals surface area (Å²) in [5, 5.41) is 2.22. The summed E-state index contributed by atoms with van der Waals surface area (Å²) in [4.78, 5) is 12.6. The molecule has 1 aliphatic rings. The Bertz CT molecular complexity index is 1280. The number of methoxy groups -OCH3 is 1. The van der Waals surface area contributed by atoms with Crippen LogP contribution in [0.25, 0.3) is 0 Å². The van der Waals surface area contributed by atoms with Gasteiger partial charge in [0.15, 0.2) is 0 Å². The third-order valence-electron chi connectivity index (χ3n) is 5.26. The van der Waals surface area contributed by atoms with Gasteiger partial charge in [0, 0.05) is 18.8 Å². The van der Waals surface area contributed by atoms with Crippen LogP contribution in [0.4, 0.5) is 15.8 Å². The summed E-state index contributed by atoms with van der Waals surface area (Å²) in [6.07, 6.45) is 3.36. The van der Waals surface area contributed by atoms with E-state index in [4.69, 9.17) is 16.3 Å². The summed E-state index contributed by atoms with van der Waals surface area (Å²) in [5.74, 6) is -1.34. The molecule has 9 nitrogen and oxygen atoms in total. The zero-order chi connectivity index (χ0) is 25.1. The highest BCUT2D eigenvalue weighted by Crippen LogP contribution is 2.31. The number of halogens is 2. The monoisotopic (exact) mass is 533 g/mol. The van der Waals surface area contributed by atoms with E-state index in [9.17, 15) is 26.0 Å². The second-order valence-electron chi connectivity index (χ2n) is 7.75. The smallest absolute Gasteiger partial charge is 0.246 e. The van der Waals surface area contributed by atoms with Crippen molar-refractivity contribution in [1.29, 1.82) is 0 Å². The van der Waals surface area contributed by atoms with E-state index < -0.39 is 38.3 Å². The van der Waals surface area contributed by atoms with Gasteiger partial charge in [-0.25, -0.2) is 21.2 Å². The molecule has 186 valence electrons. The van der Waals surface area contributed by atoms with E-state index in [0.29, 0.717) is 13.1 Å². The van der Waals surface area contributed by atoms with Crippen LogP contribution in [0.1, 0.15) is 19.3 Å². The average molecular weight is 534 g/mol. The van der Waals surface area contributed by atoms with Gasteiger partial charge >= 0.3 is 0 Å². The van der Waals surface area contributed by atoms with Crippen LogP contribution in [-0.4, -0.2) is 60.0 Å². The van der Waals surface area contributed by atoms with Crippen molar-refractivity contribution in [2.24, 2.45) is 0 Å². The highest BCUT2D eigenvalue weighted by molar-refractivity contribution is 7.92. The van der Waals surface area contributed by atoms with Crippen LogP contribution >= 0.6 is 11.6 Å². The molecule has 1 N–H and O–H groups in total. The number of anilines is 2. The Morgan fingerprint density at radius 1 is 1.12 bits per heavy atom. The summed E-state index contributed by atoms with van der Waals surface area (Å²) in [5.41, 5.74) is 0.152. The third kappa shape index (κ3) is 5.98. The Morgan fingerprint density at radius 2 is 1.79 bits per heavy atom. The minimum atomic E-state index is -3.92. The molecule has 0 saturated carbocycles. The highest BCUT2D eigenvalue weighted by Gasteiger charge is 2.29. The number of carbonyl (C=O) groups excluding carboxylic acids is 1. The van der Waals surface area contributed by atoms with Crippen LogP contribution in [0, 0.1) is 5.82 Å². The Morgan fingerprint density at radius 3 is 2.38 bits per heavy atom. The van der Waals surface area contributed by atoms with Gasteiger partial charge in [0.25, 0.3) is 0 Å². The first-order chi connectivity index (χ1) is 15.9. The van der Waals surface area contributed by atoms with Crippen LogP contribution in [0.15, 0.2) is 41.3 Å². The molecule has 1 amide bonds. The minimum Gasteiger partial charge on any atom is -0.495 e. The molecule has 1 fully saturated rings. The number of hydrogen-bond acceptors (Lipinski definition) is 6. The molecule has 1 aliphatic heterocycles. The van der Waals surface area contributed by atoms with Crippen molar-refractivity contribution in [3.05, 3.63) is 47.2 Å². The fourth-order valence-corrected chi connectivity index (χ4v) is 6.29. The lowest BCUT2D eigenvalue weighted by molar-refractivity contribution is -0.114. The quantitative estimate of drug-likeness (QED) is 0.558. The molecule has 2 aromatic rings. The molecule has 2 aromatic carbocycles. The van der Waals surface area contributed by atoms with Gasteiger partial charge in [0.05, 0.1) is 24.1 Å². The first-order valence-electron chi connectivity index (χ1n) is 10.3. The highest BCUT2D eigenvalue weighted by atomic mass is 35.5. The largest absolute Gasteiger partial charge is 0.495 e. The lowest BCUT2D eigenvalue weighted by Gasteiger charge is -2.27.